The second kappa shape index (κ2) is 20.7. The number of aliphatic imine (C=N–C) groups is 1. The summed E-state index contributed by atoms with van der Waals surface area (Å²) in [7, 11) is 11.2. The van der Waals surface area contributed by atoms with Gasteiger partial charge in [0.1, 0.15) is 23.2 Å². The van der Waals surface area contributed by atoms with Crippen LogP contribution in [0.1, 0.15) is 102 Å². The second-order valence-electron chi connectivity index (χ2n) is 18.5. The number of allylic oxidation sites excluding steroid dienone is 2. The fourth-order valence-electron chi connectivity index (χ4n) is 10.1. The van der Waals surface area contributed by atoms with Crippen molar-refractivity contribution in [3.05, 3.63) is 91.3 Å². The molecule has 5 heterocycles. The molecule has 2 radical (unpaired) electrons. The maximum Gasteiger partial charge on any atom is 0.281 e. The summed E-state index contributed by atoms with van der Waals surface area (Å²) in [6, 6.07) is 6.71. The zero-order valence-corrected chi connectivity index (χ0v) is 38.4. The van der Waals surface area contributed by atoms with Gasteiger partial charge in [-0.1, -0.05) is 50.6 Å². The Hall–Kier alpha value is -5.29. The molecule has 1 aliphatic carbocycles. The average molecular weight is 872 g/mol. The van der Waals surface area contributed by atoms with Gasteiger partial charge in [0.05, 0.1) is 60.9 Å². The van der Waals surface area contributed by atoms with Gasteiger partial charge in [0.25, 0.3) is 6.43 Å². The number of benzene rings is 1. The van der Waals surface area contributed by atoms with Gasteiger partial charge in [-0.15, -0.1) is 6.58 Å². The first-order valence-electron chi connectivity index (χ1n) is 23.3. The molecule has 64 heavy (non-hydrogen) atoms. The van der Waals surface area contributed by atoms with E-state index in [1.54, 1.807) is 12.4 Å². The summed E-state index contributed by atoms with van der Waals surface area (Å²) >= 11 is 0. The van der Waals surface area contributed by atoms with Gasteiger partial charge >= 0.3 is 0 Å². The van der Waals surface area contributed by atoms with Crippen LogP contribution in [-0.2, 0) is 6.54 Å². The number of aromatic nitrogens is 2. The second-order valence-corrected chi connectivity index (χ2v) is 18.5. The number of aryl methyl sites for hydroxylation is 1. The Labute approximate surface area is 381 Å². The van der Waals surface area contributed by atoms with Gasteiger partial charge < -0.3 is 35.6 Å². The average Bonchev–Trinajstić information content (AvgIpc) is 3.94. The van der Waals surface area contributed by atoms with Crippen LogP contribution in [0, 0.1) is 29.1 Å². The van der Waals surface area contributed by atoms with Crippen molar-refractivity contribution in [3.8, 4) is 11.8 Å². The van der Waals surface area contributed by atoms with Gasteiger partial charge in [-0.05, 0) is 113 Å². The van der Waals surface area contributed by atoms with Gasteiger partial charge in [0, 0.05) is 57.6 Å². The van der Waals surface area contributed by atoms with E-state index in [2.05, 4.69) is 106 Å². The summed E-state index contributed by atoms with van der Waals surface area (Å²) in [5.41, 5.74) is 4.02. The smallest absolute Gasteiger partial charge is 0.281 e. The number of piperidine rings is 1. The van der Waals surface area contributed by atoms with E-state index in [0.29, 0.717) is 55.2 Å². The molecule has 1 saturated carbocycles. The molecular weight excluding hydrogens is 803 g/mol. The molecule has 0 spiro atoms. The predicted molar refractivity (Wildman–Crippen MR) is 261 cm³/mol. The van der Waals surface area contributed by atoms with Crippen molar-refractivity contribution in [3.63, 3.8) is 0 Å². The van der Waals surface area contributed by atoms with E-state index >= 15 is 0 Å². The lowest BCUT2D eigenvalue weighted by Crippen LogP contribution is -2.53. The van der Waals surface area contributed by atoms with Crippen LogP contribution in [0.15, 0.2) is 85.2 Å². The quantitative estimate of drug-likeness (QED) is 0.0576. The predicted octanol–water partition coefficient (Wildman–Crippen LogP) is 8.66. The number of rotatable bonds is 16. The zero-order valence-electron chi connectivity index (χ0n) is 38.4. The van der Waals surface area contributed by atoms with Crippen LogP contribution >= 0.6 is 0 Å². The minimum Gasteiger partial charge on any atom is -0.392 e. The van der Waals surface area contributed by atoms with Crippen molar-refractivity contribution < 1.29 is 8.78 Å². The number of amidine groups is 1. The monoisotopic (exact) mass is 872 g/mol. The van der Waals surface area contributed by atoms with E-state index in [0.717, 1.165) is 124 Å². The minimum atomic E-state index is -2.95. The number of likely N-dealkylation sites (tertiary alicyclic amines) is 2. The molecule has 5 aliphatic rings. The van der Waals surface area contributed by atoms with Crippen molar-refractivity contribution in [2.45, 2.75) is 121 Å². The Morgan fingerprint density at radius 3 is 2.66 bits per heavy atom. The minimum absolute atomic E-state index is 0.0260. The molecule has 11 nitrogen and oxygen atoms in total. The molecule has 2 saturated heterocycles. The normalized spacial score (nSPS) is 24.1. The van der Waals surface area contributed by atoms with E-state index < -0.39 is 17.6 Å². The van der Waals surface area contributed by atoms with Crippen molar-refractivity contribution in [2.75, 3.05) is 55.4 Å². The van der Waals surface area contributed by atoms with Crippen LogP contribution in [0.25, 0.3) is 5.70 Å². The Bertz CT molecular complexity index is 2190. The summed E-state index contributed by atoms with van der Waals surface area (Å²) in [5.74, 6) is 10.8. The third-order valence-electron chi connectivity index (χ3n) is 14.1. The van der Waals surface area contributed by atoms with Crippen LogP contribution in [0.3, 0.4) is 0 Å². The molecule has 340 valence electrons. The maximum atomic E-state index is 14.2. The molecule has 4 atom stereocenters. The lowest BCUT2D eigenvalue weighted by atomic mass is 9.69. The Balaban J connectivity index is 0.919. The number of alkyl halides is 2. The summed E-state index contributed by atoms with van der Waals surface area (Å²) in [6.45, 7) is 22.9. The number of nitrogens with zero attached hydrogens (tertiary/aromatic N) is 7. The molecular formula is C50H68BF2N11. The SMILES string of the molecule is [B]C1(N2CCC(CCC#Cc3cccc4c3N(C)C(=C)N4C(C=C)CCC(=C)NC)CC2)CCCN(/C=C(/NC(=C)c2cnn3c2NC(=NC2CCC(C)C2)CC3)C(=N)C(F)F)CC1. The summed E-state index contributed by atoms with van der Waals surface area (Å²) in [5, 5.41) is 22.6. The van der Waals surface area contributed by atoms with Crippen molar-refractivity contribution in [2.24, 2.45) is 16.8 Å². The highest BCUT2D eigenvalue weighted by Gasteiger charge is 2.36. The first kappa shape index (κ1) is 46.7. The highest BCUT2D eigenvalue weighted by Crippen LogP contribution is 2.44. The van der Waals surface area contributed by atoms with Gasteiger partial charge in [0.2, 0.25) is 0 Å². The lowest BCUT2D eigenvalue weighted by molar-refractivity contribution is 0.0927. The number of hydrogen-bond acceptors (Lipinski definition) is 9. The van der Waals surface area contributed by atoms with E-state index in [1.165, 1.54) is 6.42 Å². The van der Waals surface area contributed by atoms with Crippen LogP contribution in [0.4, 0.5) is 26.0 Å². The van der Waals surface area contributed by atoms with E-state index in [1.807, 2.05) is 22.7 Å². The number of fused-ring (bicyclic) bond motifs is 2. The Morgan fingerprint density at radius 2 is 1.94 bits per heavy atom. The van der Waals surface area contributed by atoms with Crippen molar-refractivity contribution in [1.29, 1.82) is 5.41 Å². The molecule has 3 fully saturated rings. The van der Waals surface area contributed by atoms with Gasteiger partial charge in [-0.25, -0.2) is 13.5 Å². The van der Waals surface area contributed by atoms with Crippen LogP contribution < -0.4 is 25.8 Å². The summed E-state index contributed by atoms with van der Waals surface area (Å²) in [4.78, 5) is 13.9. The zero-order chi connectivity index (χ0) is 45.5. The van der Waals surface area contributed by atoms with Crippen molar-refractivity contribution in [1.82, 2.24) is 30.2 Å². The maximum absolute atomic E-state index is 14.2. The fraction of sp³-hybridized carbons (Fsp3) is 0.540. The Kier molecular flexibility index (Phi) is 15.1. The summed E-state index contributed by atoms with van der Waals surface area (Å²) in [6.07, 6.45) is 14.5. The molecule has 4 unspecified atom stereocenters. The molecule has 4 N–H and O–H groups in total. The molecule has 0 bridgehead atoms. The third-order valence-corrected chi connectivity index (χ3v) is 14.1. The summed E-state index contributed by atoms with van der Waals surface area (Å²) < 4.78 is 30.2. The fourth-order valence-corrected chi connectivity index (χ4v) is 10.1. The Morgan fingerprint density at radius 1 is 1.14 bits per heavy atom. The first-order valence-corrected chi connectivity index (χ1v) is 23.3. The standard InChI is InChI=1S/C50H68BF2N11/c1-8-41(20-18-35(3)55-6)64-37(5)60(7)47-39(15-11-16-44(47)64)14-10-9-13-38-21-27-62(28-22-38)50(51)24-12-26-61(30-25-50)33-43(46(54)48(52)53)57-36(4)42-32-56-63-29-23-45(59-49(42)63)58-40-19-17-34(2)31-40/h8,11,15-16,32-34,38,40-41,48,54-55,57H,1,3-5,9,12-13,17-31H2,2,6-7H3,(H,58,59)/b43-33+,54-46?. The molecule has 4 aliphatic heterocycles. The van der Waals surface area contributed by atoms with Crippen LogP contribution in [-0.4, -0.2) is 103 Å². The number of anilines is 3. The molecule has 14 heteroatoms. The van der Waals surface area contributed by atoms with Crippen molar-refractivity contribution >= 4 is 42.3 Å². The highest BCUT2D eigenvalue weighted by molar-refractivity contribution is 6.15. The van der Waals surface area contributed by atoms with Gasteiger partial charge in [0.15, 0.2) is 0 Å². The topological polar surface area (TPSA) is 103 Å². The molecule has 2 aromatic rings. The van der Waals surface area contributed by atoms with E-state index in [4.69, 9.17) is 18.2 Å². The first-order chi connectivity index (χ1) is 30.8. The van der Waals surface area contributed by atoms with Crippen LogP contribution in [0.2, 0.25) is 0 Å². The third kappa shape index (κ3) is 10.6. The molecule has 1 aromatic heterocycles. The molecule has 7 rings (SSSR count). The number of para-hydroxylation sites is 1. The van der Waals surface area contributed by atoms with Gasteiger partial charge in [-0.3, -0.25) is 10.4 Å². The van der Waals surface area contributed by atoms with Crippen LogP contribution in [0.5, 0.6) is 0 Å². The number of nitrogens with one attached hydrogen (secondary N) is 4. The lowest BCUT2D eigenvalue weighted by Gasteiger charge is -2.45. The van der Waals surface area contributed by atoms with Gasteiger partial charge in [-0.2, -0.15) is 5.10 Å². The molecule has 0 amide bonds. The highest BCUT2D eigenvalue weighted by atomic mass is 19.3. The molecule has 1 aromatic carbocycles. The largest absolute Gasteiger partial charge is 0.392 e. The van der Waals surface area contributed by atoms with E-state index in [-0.39, 0.29) is 11.7 Å². The van der Waals surface area contributed by atoms with E-state index in [9.17, 15) is 8.78 Å². The number of halogens is 2. The number of hydrogen-bond donors (Lipinski definition) is 4.